The summed E-state index contributed by atoms with van der Waals surface area (Å²) in [6.45, 7) is 5.88. The van der Waals surface area contributed by atoms with E-state index in [0.29, 0.717) is 0 Å². The van der Waals surface area contributed by atoms with Gasteiger partial charge in [0.1, 0.15) is 0 Å². The largest absolute Gasteiger partial charge is 0.293 e. The van der Waals surface area contributed by atoms with Gasteiger partial charge in [-0.05, 0) is 31.7 Å². The van der Waals surface area contributed by atoms with Gasteiger partial charge in [0.05, 0.1) is 0 Å². The first-order valence-corrected chi connectivity index (χ1v) is 12.1. The lowest BCUT2D eigenvalue weighted by atomic mass is 9.92. The third kappa shape index (κ3) is 9.28. The number of nitrogens with zero attached hydrogens (tertiary/aromatic N) is 1. The molecule has 0 radical (unpaired) electrons. The van der Waals surface area contributed by atoms with Crippen LogP contribution in [0.5, 0.6) is 0 Å². The Hall–Kier alpha value is -0.820. The second kappa shape index (κ2) is 14.2. The van der Waals surface area contributed by atoms with E-state index in [-0.39, 0.29) is 0 Å². The number of likely N-dealkylation sites (tertiary alicyclic amines) is 1. The molecule has 27 heavy (non-hydrogen) atoms. The number of hydrogen-bond acceptors (Lipinski definition) is 1. The Bertz CT molecular complexity index is 455. The van der Waals surface area contributed by atoms with Gasteiger partial charge >= 0.3 is 0 Å². The molecule has 0 N–H and O–H groups in total. The van der Waals surface area contributed by atoms with E-state index >= 15 is 0 Å². The fourth-order valence-electron chi connectivity index (χ4n) is 4.77. The van der Waals surface area contributed by atoms with Gasteiger partial charge in [0.15, 0.2) is 0 Å². The fourth-order valence-corrected chi connectivity index (χ4v) is 4.77. The summed E-state index contributed by atoms with van der Waals surface area (Å²) in [4.78, 5) is 2.80. The molecule has 1 aromatic carbocycles. The molecular formula is C26H45N. The van der Waals surface area contributed by atoms with E-state index in [4.69, 9.17) is 0 Å². The molecule has 1 aliphatic rings. The molecule has 0 aromatic heterocycles. The van der Waals surface area contributed by atoms with Crippen molar-refractivity contribution in [2.24, 2.45) is 0 Å². The number of piperidine rings is 1. The quantitative estimate of drug-likeness (QED) is 0.298. The van der Waals surface area contributed by atoms with Crippen molar-refractivity contribution in [2.75, 3.05) is 0 Å². The minimum absolute atomic E-state index is 0.747. The minimum atomic E-state index is 0.747. The van der Waals surface area contributed by atoms with Crippen molar-refractivity contribution in [2.45, 2.75) is 129 Å². The molecule has 2 atom stereocenters. The maximum atomic E-state index is 2.80. The molecule has 0 amide bonds. The van der Waals surface area contributed by atoms with Crippen molar-refractivity contribution in [3.05, 3.63) is 35.9 Å². The molecule has 1 fully saturated rings. The van der Waals surface area contributed by atoms with Gasteiger partial charge in [-0.25, -0.2) is 0 Å². The van der Waals surface area contributed by atoms with Crippen LogP contribution in [0.15, 0.2) is 30.3 Å². The zero-order valence-corrected chi connectivity index (χ0v) is 18.3. The summed E-state index contributed by atoms with van der Waals surface area (Å²) >= 11 is 0. The summed E-state index contributed by atoms with van der Waals surface area (Å²) in [6.07, 6.45) is 21.5. The number of benzene rings is 1. The molecule has 0 saturated carbocycles. The molecule has 1 heteroatoms. The summed E-state index contributed by atoms with van der Waals surface area (Å²) in [5.74, 6) is 0. The van der Waals surface area contributed by atoms with Crippen molar-refractivity contribution >= 4 is 0 Å². The second-order valence-corrected chi connectivity index (χ2v) is 8.92. The highest BCUT2D eigenvalue weighted by molar-refractivity contribution is 5.15. The zero-order valence-electron chi connectivity index (χ0n) is 18.3. The molecular weight excluding hydrogens is 326 g/mol. The van der Waals surface area contributed by atoms with Crippen LogP contribution in [0.3, 0.4) is 0 Å². The number of hydrogen-bond donors (Lipinski definition) is 0. The van der Waals surface area contributed by atoms with Crippen LogP contribution in [0, 0.1) is 0 Å². The molecule has 2 rings (SSSR count). The molecule has 154 valence electrons. The Labute approximate surface area is 169 Å². The molecule has 1 aromatic rings. The van der Waals surface area contributed by atoms with Crippen molar-refractivity contribution in [1.82, 2.24) is 4.90 Å². The molecule has 2 unspecified atom stereocenters. The van der Waals surface area contributed by atoms with Gasteiger partial charge in [-0.2, -0.15) is 0 Å². The average Bonchev–Trinajstić information content (AvgIpc) is 2.69. The molecule has 0 bridgehead atoms. The topological polar surface area (TPSA) is 3.24 Å². The summed E-state index contributed by atoms with van der Waals surface area (Å²) in [5, 5.41) is 0. The maximum absolute atomic E-state index is 2.80. The monoisotopic (exact) mass is 371 g/mol. The molecule has 0 spiro atoms. The second-order valence-electron chi connectivity index (χ2n) is 8.92. The number of rotatable bonds is 14. The summed E-state index contributed by atoms with van der Waals surface area (Å²) < 4.78 is 0. The van der Waals surface area contributed by atoms with Crippen LogP contribution in [-0.4, -0.2) is 17.0 Å². The van der Waals surface area contributed by atoms with E-state index < -0.39 is 0 Å². The lowest BCUT2D eigenvalue weighted by molar-refractivity contribution is 0.0773. The van der Waals surface area contributed by atoms with E-state index in [1.54, 1.807) is 0 Å². The molecule has 1 aliphatic heterocycles. The average molecular weight is 372 g/mol. The Kier molecular flexibility index (Phi) is 11.8. The summed E-state index contributed by atoms with van der Waals surface area (Å²) in [7, 11) is 0. The van der Waals surface area contributed by atoms with Crippen LogP contribution >= 0.6 is 0 Å². The van der Waals surface area contributed by atoms with Gasteiger partial charge in [-0.3, -0.25) is 4.90 Å². The van der Waals surface area contributed by atoms with Crippen molar-refractivity contribution < 1.29 is 0 Å². The summed E-state index contributed by atoms with van der Waals surface area (Å²) in [6, 6.07) is 12.6. The Morgan fingerprint density at radius 1 is 0.778 bits per heavy atom. The van der Waals surface area contributed by atoms with Gasteiger partial charge in [0, 0.05) is 18.6 Å². The van der Waals surface area contributed by atoms with E-state index in [0.717, 1.165) is 18.6 Å². The Morgan fingerprint density at radius 3 is 2.00 bits per heavy atom. The highest BCUT2D eigenvalue weighted by Gasteiger charge is 2.27. The van der Waals surface area contributed by atoms with Crippen LogP contribution in [0.2, 0.25) is 0 Å². The van der Waals surface area contributed by atoms with E-state index in [1.165, 1.54) is 102 Å². The predicted octanol–water partition coefficient (Wildman–Crippen LogP) is 8.13. The molecule has 0 aliphatic carbocycles. The SMILES string of the molecule is CCCCCCCCCCCCCC1CCCC(C)N1Cc1ccccc1. The fraction of sp³-hybridized carbons (Fsp3) is 0.769. The van der Waals surface area contributed by atoms with Gasteiger partial charge < -0.3 is 0 Å². The first-order chi connectivity index (χ1) is 13.3. The standard InChI is InChI=1S/C26H45N/c1-3-4-5-6-7-8-9-10-11-12-16-21-26-22-17-18-24(2)27(26)23-25-19-14-13-15-20-25/h13-15,19-20,24,26H,3-12,16-18,21-23H2,1-2H3. The Balaban J connectivity index is 1.56. The third-order valence-corrected chi connectivity index (χ3v) is 6.54. The van der Waals surface area contributed by atoms with Gasteiger partial charge in [0.25, 0.3) is 0 Å². The highest BCUT2D eigenvalue weighted by atomic mass is 15.2. The first-order valence-electron chi connectivity index (χ1n) is 12.1. The molecule has 1 saturated heterocycles. The van der Waals surface area contributed by atoms with Crippen molar-refractivity contribution in [3.63, 3.8) is 0 Å². The van der Waals surface area contributed by atoms with E-state index in [9.17, 15) is 0 Å². The third-order valence-electron chi connectivity index (χ3n) is 6.54. The Morgan fingerprint density at radius 2 is 1.37 bits per heavy atom. The van der Waals surface area contributed by atoms with Crippen LogP contribution < -0.4 is 0 Å². The van der Waals surface area contributed by atoms with Crippen LogP contribution in [0.1, 0.15) is 116 Å². The van der Waals surface area contributed by atoms with E-state index in [2.05, 4.69) is 49.1 Å². The normalized spacial score (nSPS) is 20.8. The van der Waals surface area contributed by atoms with Crippen LogP contribution in [0.25, 0.3) is 0 Å². The first kappa shape index (κ1) is 22.5. The molecule has 1 nitrogen and oxygen atoms in total. The lowest BCUT2D eigenvalue weighted by Crippen LogP contribution is -2.44. The maximum Gasteiger partial charge on any atom is 0.0239 e. The van der Waals surface area contributed by atoms with Gasteiger partial charge in [-0.15, -0.1) is 0 Å². The lowest BCUT2D eigenvalue weighted by Gasteiger charge is -2.41. The highest BCUT2D eigenvalue weighted by Crippen LogP contribution is 2.28. The van der Waals surface area contributed by atoms with Crippen molar-refractivity contribution in [3.8, 4) is 0 Å². The van der Waals surface area contributed by atoms with Gasteiger partial charge in [-0.1, -0.05) is 114 Å². The smallest absolute Gasteiger partial charge is 0.0239 e. The number of unbranched alkanes of at least 4 members (excludes halogenated alkanes) is 10. The van der Waals surface area contributed by atoms with Crippen LogP contribution in [0.4, 0.5) is 0 Å². The van der Waals surface area contributed by atoms with Crippen molar-refractivity contribution in [1.29, 1.82) is 0 Å². The molecule has 1 heterocycles. The summed E-state index contributed by atoms with van der Waals surface area (Å²) in [5.41, 5.74) is 1.48. The minimum Gasteiger partial charge on any atom is -0.293 e. The predicted molar refractivity (Wildman–Crippen MR) is 120 cm³/mol. The zero-order chi connectivity index (χ0) is 19.2. The van der Waals surface area contributed by atoms with Gasteiger partial charge in [0.2, 0.25) is 0 Å². The van der Waals surface area contributed by atoms with E-state index in [1.807, 2.05) is 0 Å². The van der Waals surface area contributed by atoms with Crippen LogP contribution in [-0.2, 0) is 6.54 Å².